The number of rotatable bonds is 21. The van der Waals surface area contributed by atoms with Crippen LogP contribution in [0.3, 0.4) is 0 Å². The number of H-pyrrole nitrogens is 3. The molecule has 0 spiro atoms. The zero-order valence-electron chi connectivity index (χ0n) is 62.2. The monoisotopic (exact) mass is 1670 g/mol. The second-order valence-corrected chi connectivity index (χ2v) is 23.6. The number of nitrogens with one attached hydrogen (secondary N) is 5. The number of aryl methyl sites for hydroxylation is 4. The molecule has 5 aromatic carbocycles. The van der Waals surface area contributed by atoms with Gasteiger partial charge in [-0.3, -0.25) is 33.9 Å². The number of ether oxygens (including phenoxy) is 4. The number of nitrogens with two attached hydrogens (primary N) is 3. The number of halogens is 1. The Morgan fingerprint density at radius 1 is 0.444 bits per heavy atom. The molecule has 12 N–H and O–H groups in total. The topological polar surface area (TPSA) is 380 Å². The number of benzene rings is 5. The molecule has 24 nitrogen and oxygen atoms in total. The van der Waals surface area contributed by atoms with Crippen molar-refractivity contribution in [2.45, 2.75) is 105 Å². The summed E-state index contributed by atoms with van der Waals surface area (Å²) in [5.41, 5.74) is 25.0. The number of hydrogen-bond donors (Lipinski definition) is 8. The summed E-state index contributed by atoms with van der Waals surface area (Å²) in [6, 6.07) is 71.9. The van der Waals surface area contributed by atoms with Crippen LogP contribution in [0, 0.1) is 39.1 Å². The molecule has 0 aliphatic rings. The third kappa shape index (κ3) is 48.2. The van der Waals surface area contributed by atoms with Gasteiger partial charge in [0.25, 0.3) is 0 Å². The average molecular weight is 1680 g/mol. The van der Waals surface area contributed by atoms with Crippen molar-refractivity contribution in [1.82, 2.24) is 50.4 Å². The van der Waals surface area contributed by atoms with Crippen LogP contribution in [0.15, 0.2) is 294 Å². The van der Waals surface area contributed by atoms with Crippen LogP contribution in [-0.2, 0) is 0 Å². The zero-order valence-corrected chi connectivity index (χ0v) is 65.8. The minimum absolute atomic E-state index is 0. The van der Waals surface area contributed by atoms with Gasteiger partial charge in [0.2, 0.25) is 0 Å². The van der Waals surface area contributed by atoms with Crippen LogP contribution < -0.4 is 92.6 Å². The normalized spacial score (nSPS) is 9.77. The molecule has 7 heterocycles. The van der Waals surface area contributed by atoms with Gasteiger partial charge >= 0.3 is 29.6 Å². The van der Waals surface area contributed by atoms with E-state index in [-0.39, 0.29) is 147 Å². The summed E-state index contributed by atoms with van der Waals surface area (Å²) in [4.78, 5) is 80.1. The van der Waals surface area contributed by atoms with Crippen molar-refractivity contribution < 1.29 is 63.6 Å². The van der Waals surface area contributed by atoms with Gasteiger partial charge in [0.15, 0.2) is 40.7 Å². The maximum absolute atomic E-state index is 11.8. The molecule has 0 fully saturated rings. The first kappa shape index (κ1) is 116. The van der Waals surface area contributed by atoms with Crippen LogP contribution in [0.5, 0.6) is 23.0 Å². The van der Waals surface area contributed by atoms with Crippen LogP contribution >= 0.6 is 15.9 Å². The van der Waals surface area contributed by atoms with Gasteiger partial charge in [0, 0.05) is 145 Å². The maximum atomic E-state index is 11.8. The van der Waals surface area contributed by atoms with Crippen molar-refractivity contribution in [3.05, 3.63) is 361 Å². The van der Waals surface area contributed by atoms with Crippen molar-refractivity contribution in [1.29, 1.82) is 5.26 Å². The Bertz CT molecular complexity index is 4530. The fraction of sp³-hybridized carbons (Fsp3) is 0.253. The summed E-state index contributed by atoms with van der Waals surface area (Å²) >= 11 is 3.10. The molecule has 0 aliphatic heterocycles. The summed E-state index contributed by atoms with van der Waals surface area (Å²) in [6.45, 7) is 9.09. The molecule has 0 aliphatic carbocycles. The molecule has 0 bridgehead atoms. The Kier molecular flexibility index (Phi) is 66.9. The molecule has 0 amide bonds. The van der Waals surface area contributed by atoms with Gasteiger partial charge in [0.05, 0.1) is 23.5 Å². The predicted molar refractivity (Wildman–Crippen MR) is 482 cm³/mol. The number of likely N-dealkylation sites (N-methyl/N-ethyl adjacent to an activating group) is 3. The van der Waals surface area contributed by atoms with E-state index in [0.717, 1.165) is 45.4 Å². The van der Waals surface area contributed by atoms with Crippen molar-refractivity contribution >= 4 is 45.0 Å². The van der Waals surface area contributed by atoms with Crippen molar-refractivity contribution in [3.8, 4) is 29.2 Å². The van der Waals surface area contributed by atoms with E-state index in [1.54, 1.807) is 110 Å². The standard InChI is InChI=1S/C15H16N4O.C15H18N2O.C14H17N3O.C14H13NO2.C8H7BrO.2C6H7NO.C5H6N2O.8CH4.Na.H2O/c1-19(11-16)14(12-5-3-2-4-6-12)10-20-13-7-8-18-15(17)9-13;1-12-10-14(8-9-17-12)18-11-15(16-2)13-6-4-3-5-7-13;1-16-13(11-5-3-2-4-6-11)10-18-12-7-8-17-14(15)9-12;1-11-9-13(7-8-15-11)17-10-14(16)12-5-3-2-4-6-12;9-6-8(10)7-4-2-1-3-5-7;2*1-5-4-6(8)2-3-7-5;6-5-3-4(8)1-2-7-5;;;;;;;;;;/h2-9,14H,10H2,1H3,(H2,17,18);3-10,15-16H,11H2,1-2H3;2-9,13,16H,10H2,1H3,(H2,15,17);2-9H,10H2,1H3;1-5H,6H2;2*2-4H,1H3,(H,7,8);1-3H,(H3,6,7,8);8*1H4;;1H2/q;;;;;;;;;;;;;;;;+1;/p-1. The number of aromatic nitrogens is 7. The molecule has 0 radical (unpaired) electrons. The van der Waals surface area contributed by atoms with Crippen LogP contribution in [0.2, 0.25) is 0 Å². The Morgan fingerprint density at radius 3 is 1.08 bits per heavy atom. The minimum atomic E-state index is -0.143. The summed E-state index contributed by atoms with van der Waals surface area (Å²) in [6.07, 6.45) is 13.6. The molecule has 0 saturated carbocycles. The molecule has 626 valence electrons. The first-order chi connectivity index (χ1) is 51.7. The maximum Gasteiger partial charge on any atom is 1.00 e. The number of nitrogen functional groups attached to an aromatic ring is 3. The molecule has 117 heavy (non-hydrogen) atoms. The molecule has 3 unspecified atom stereocenters. The molecule has 7 aromatic heterocycles. The smallest absolute Gasteiger partial charge is 0.870 e. The van der Waals surface area contributed by atoms with Crippen molar-refractivity contribution in [2.75, 3.05) is 70.1 Å². The SMILES string of the molecule is C.C.C.C.C.C.C.C.CN(C#N)C(COc1ccnc(N)c1)c1ccccc1.CNC(COc1ccnc(C)c1)c1ccccc1.CNC(COc1ccnc(N)c1)c1ccccc1.Cc1cc(=O)cc[nH]1.Cc1cc(=O)cc[nH]1.Cc1cc(OCC(=O)c2ccccc2)ccn1.Nc1cc(=O)cc[nH]1.O=C(CBr)c1ccccc1.[Na+].[OH-]. The molecule has 0 saturated heterocycles. The number of carbonyl (C=O) groups excluding carboxylic acids is 2. The van der Waals surface area contributed by atoms with Crippen molar-refractivity contribution in [2.24, 2.45) is 0 Å². The van der Waals surface area contributed by atoms with Gasteiger partial charge in [-0.05, 0) is 82.7 Å². The molecular weight excluding hydrogens is 1550 g/mol. The van der Waals surface area contributed by atoms with E-state index in [1.165, 1.54) is 41.6 Å². The Labute approximate surface area is 724 Å². The Balaban J connectivity index is -0.000000304. The van der Waals surface area contributed by atoms with E-state index in [4.69, 9.17) is 41.4 Å². The second-order valence-electron chi connectivity index (χ2n) is 23.1. The number of ketones is 2. The Hall–Kier alpha value is -11.9. The van der Waals surface area contributed by atoms with Gasteiger partial charge in [-0.15, -0.1) is 0 Å². The number of alkyl halides is 1. The molecule has 26 heteroatoms. The van der Waals surface area contributed by atoms with Gasteiger partial charge in [0.1, 0.15) is 60.3 Å². The van der Waals surface area contributed by atoms with E-state index in [0.29, 0.717) is 59.7 Å². The van der Waals surface area contributed by atoms with Gasteiger partial charge in [-0.1, -0.05) is 227 Å². The quantitative estimate of drug-likeness (QED) is 0.0109. The van der Waals surface area contributed by atoms with Crippen LogP contribution in [0.4, 0.5) is 17.5 Å². The number of anilines is 3. The summed E-state index contributed by atoms with van der Waals surface area (Å²) in [7, 11) is 5.60. The minimum Gasteiger partial charge on any atom is -0.870 e. The first-order valence-electron chi connectivity index (χ1n) is 33.6. The van der Waals surface area contributed by atoms with Crippen molar-refractivity contribution in [3.63, 3.8) is 0 Å². The molecular formula is C91H124BrN14NaO10. The molecule has 12 aromatic rings. The van der Waals surface area contributed by atoms with Gasteiger partial charge in [-0.25, -0.2) is 9.97 Å². The fourth-order valence-electron chi connectivity index (χ4n) is 9.17. The van der Waals surface area contributed by atoms with E-state index < -0.39 is 0 Å². The third-order valence-electron chi connectivity index (χ3n) is 14.7. The van der Waals surface area contributed by atoms with Gasteiger partial charge < -0.3 is 72.1 Å². The number of carbonyl (C=O) groups is 2. The number of hydrogen-bond acceptors (Lipinski definition) is 21. The largest absolute Gasteiger partial charge is 1.00 e. The average Bonchev–Trinajstić information content (AvgIpc) is 0.871. The van der Waals surface area contributed by atoms with E-state index in [2.05, 4.69) is 91.9 Å². The number of nitrogens with zero attached hydrogens (tertiary/aromatic N) is 6. The van der Waals surface area contributed by atoms with Crippen LogP contribution in [-0.4, -0.2) is 110 Å². The summed E-state index contributed by atoms with van der Waals surface area (Å²) in [5.74, 6) is 4.28. The van der Waals surface area contributed by atoms with E-state index in [9.17, 15) is 24.0 Å². The van der Waals surface area contributed by atoms with Crippen LogP contribution in [0.1, 0.15) is 138 Å². The second kappa shape index (κ2) is 67.5. The third-order valence-corrected chi connectivity index (χ3v) is 15.2. The molecule has 12 rings (SSSR count). The summed E-state index contributed by atoms with van der Waals surface area (Å²) < 4.78 is 22.6. The number of Topliss-reactive ketones (excluding diaryl/α,β-unsaturated/α-hetero) is 2. The number of nitriles is 1. The Morgan fingerprint density at radius 2 is 0.769 bits per heavy atom. The number of aromatic amines is 3. The van der Waals surface area contributed by atoms with E-state index in [1.807, 2.05) is 169 Å². The zero-order chi connectivity index (χ0) is 77.4. The molecule has 3 atom stereocenters. The first-order valence-corrected chi connectivity index (χ1v) is 34.8. The van der Waals surface area contributed by atoms with Gasteiger partial charge in [-0.2, -0.15) is 5.26 Å². The fourth-order valence-corrected chi connectivity index (χ4v) is 9.49. The van der Waals surface area contributed by atoms with E-state index >= 15 is 0 Å². The summed E-state index contributed by atoms with van der Waals surface area (Å²) in [5, 5.41) is 16.0. The number of pyridine rings is 7. The van der Waals surface area contributed by atoms with Crippen LogP contribution in [0.25, 0.3) is 0 Å². The predicted octanol–water partition coefficient (Wildman–Crippen LogP) is 15.1.